The number of carbonyl (C=O) groups excluding carboxylic acids is 2. The van der Waals surface area contributed by atoms with Crippen molar-refractivity contribution in [3.8, 4) is 0 Å². The average Bonchev–Trinajstić information content (AvgIpc) is 2.69. The predicted octanol–water partition coefficient (Wildman–Crippen LogP) is 1.68. The van der Waals surface area contributed by atoms with Crippen molar-refractivity contribution in [2.45, 2.75) is 46.1 Å². The van der Waals surface area contributed by atoms with Gasteiger partial charge in [-0.25, -0.2) is 0 Å². The van der Waals surface area contributed by atoms with E-state index in [-0.39, 0.29) is 23.7 Å². The second kappa shape index (κ2) is 5.71. The highest BCUT2D eigenvalue weighted by molar-refractivity contribution is 6.02. The van der Waals surface area contributed by atoms with Crippen molar-refractivity contribution in [2.24, 2.45) is 5.92 Å². The lowest BCUT2D eigenvalue weighted by Gasteiger charge is -2.32. The van der Waals surface area contributed by atoms with E-state index >= 15 is 0 Å². The molecule has 0 unspecified atom stereocenters. The summed E-state index contributed by atoms with van der Waals surface area (Å²) in [4.78, 5) is 37.7. The van der Waals surface area contributed by atoms with E-state index in [1.807, 2.05) is 6.92 Å². The van der Waals surface area contributed by atoms with Crippen LogP contribution in [0.25, 0.3) is 0 Å². The van der Waals surface area contributed by atoms with Crippen molar-refractivity contribution in [2.75, 3.05) is 0 Å². The normalized spacial score (nSPS) is 20.7. The molecule has 2 rings (SSSR count). The first kappa shape index (κ1) is 15.3. The van der Waals surface area contributed by atoms with Crippen LogP contribution in [0.2, 0.25) is 0 Å². The number of nitrogens with one attached hydrogen (secondary N) is 2. The topological polar surface area (TPSA) is 99.3 Å². The van der Waals surface area contributed by atoms with Crippen LogP contribution in [0.1, 0.15) is 58.8 Å². The molecule has 1 aliphatic carbocycles. The van der Waals surface area contributed by atoms with Gasteiger partial charge in [-0.15, -0.1) is 0 Å². The van der Waals surface area contributed by atoms with Crippen molar-refractivity contribution in [3.05, 3.63) is 22.5 Å². The van der Waals surface area contributed by atoms with Gasteiger partial charge in [-0.3, -0.25) is 14.4 Å². The van der Waals surface area contributed by atoms with Crippen molar-refractivity contribution in [3.63, 3.8) is 0 Å². The summed E-state index contributed by atoms with van der Waals surface area (Å²) < 4.78 is 0. The SMILES string of the molecule is CCc1c(C(=O)NC2CC(C(=O)O)C2)[nH]c(C)c1C(C)=O. The van der Waals surface area contributed by atoms with Gasteiger partial charge >= 0.3 is 5.97 Å². The minimum absolute atomic E-state index is 0.0609. The number of amides is 1. The molecule has 3 N–H and O–H groups in total. The number of carbonyl (C=O) groups is 3. The minimum atomic E-state index is -0.815. The van der Waals surface area contributed by atoms with Gasteiger partial charge in [0.25, 0.3) is 5.91 Å². The lowest BCUT2D eigenvalue weighted by molar-refractivity contribution is -0.145. The van der Waals surface area contributed by atoms with Crippen molar-refractivity contribution in [1.29, 1.82) is 0 Å². The van der Waals surface area contributed by atoms with E-state index in [1.54, 1.807) is 6.92 Å². The van der Waals surface area contributed by atoms with E-state index in [0.29, 0.717) is 36.2 Å². The molecule has 0 radical (unpaired) electrons. The summed E-state index contributed by atoms with van der Waals surface area (Å²) in [5, 5.41) is 11.7. The van der Waals surface area contributed by atoms with Crippen LogP contribution in [0, 0.1) is 12.8 Å². The molecule has 1 fully saturated rings. The van der Waals surface area contributed by atoms with E-state index in [2.05, 4.69) is 10.3 Å². The fourth-order valence-corrected chi connectivity index (χ4v) is 2.90. The highest BCUT2D eigenvalue weighted by Gasteiger charge is 2.36. The van der Waals surface area contributed by atoms with Gasteiger partial charge in [0.15, 0.2) is 5.78 Å². The Hall–Kier alpha value is -2.11. The monoisotopic (exact) mass is 292 g/mol. The summed E-state index contributed by atoms with van der Waals surface area (Å²) in [5.41, 5.74) is 2.42. The molecule has 6 nitrogen and oxygen atoms in total. The third kappa shape index (κ3) is 2.84. The molecule has 21 heavy (non-hydrogen) atoms. The number of aliphatic carboxylic acids is 1. The van der Waals surface area contributed by atoms with Gasteiger partial charge in [-0.05, 0) is 38.7 Å². The van der Waals surface area contributed by atoms with Gasteiger partial charge in [0.05, 0.1) is 5.92 Å². The maximum absolute atomic E-state index is 12.3. The predicted molar refractivity (Wildman–Crippen MR) is 76.5 cm³/mol. The number of aryl methyl sites for hydroxylation is 1. The molecule has 1 aliphatic rings. The quantitative estimate of drug-likeness (QED) is 0.719. The molecule has 0 bridgehead atoms. The van der Waals surface area contributed by atoms with Crippen LogP contribution >= 0.6 is 0 Å². The Labute approximate surface area is 122 Å². The van der Waals surface area contributed by atoms with E-state index in [4.69, 9.17) is 5.11 Å². The van der Waals surface area contributed by atoms with Crippen LogP contribution < -0.4 is 5.32 Å². The molecule has 0 aliphatic heterocycles. The fourth-order valence-electron chi connectivity index (χ4n) is 2.90. The Bertz CT molecular complexity index is 597. The number of Topliss-reactive ketones (excluding diaryl/α,β-unsaturated/α-hetero) is 1. The summed E-state index contributed by atoms with van der Waals surface area (Å²) in [7, 11) is 0. The maximum Gasteiger partial charge on any atom is 0.306 e. The largest absolute Gasteiger partial charge is 0.481 e. The molecular formula is C15H20N2O4. The van der Waals surface area contributed by atoms with Gasteiger partial charge < -0.3 is 15.4 Å². The van der Waals surface area contributed by atoms with E-state index in [0.717, 1.165) is 5.56 Å². The molecule has 1 heterocycles. The molecule has 114 valence electrons. The van der Waals surface area contributed by atoms with Crippen LogP contribution in [0.5, 0.6) is 0 Å². The summed E-state index contributed by atoms with van der Waals surface area (Å²) >= 11 is 0. The molecule has 1 aromatic rings. The Balaban J connectivity index is 2.12. The molecule has 1 aromatic heterocycles. The van der Waals surface area contributed by atoms with E-state index in [1.165, 1.54) is 6.92 Å². The Morgan fingerprint density at radius 2 is 1.95 bits per heavy atom. The highest BCUT2D eigenvalue weighted by atomic mass is 16.4. The number of aromatic nitrogens is 1. The average molecular weight is 292 g/mol. The minimum Gasteiger partial charge on any atom is -0.481 e. The number of carboxylic acids is 1. The zero-order chi connectivity index (χ0) is 15.7. The number of carboxylic acid groups (broad SMARTS) is 1. The smallest absolute Gasteiger partial charge is 0.306 e. The van der Waals surface area contributed by atoms with Gasteiger partial charge in [0.1, 0.15) is 5.69 Å². The van der Waals surface area contributed by atoms with Gasteiger partial charge in [-0.1, -0.05) is 6.92 Å². The van der Waals surface area contributed by atoms with Crippen LogP contribution in [-0.4, -0.2) is 33.8 Å². The second-order valence-electron chi connectivity index (χ2n) is 5.57. The summed E-state index contributed by atoms with van der Waals surface area (Å²) in [6.45, 7) is 5.16. The zero-order valence-corrected chi connectivity index (χ0v) is 12.4. The molecule has 0 atom stereocenters. The number of H-pyrrole nitrogens is 1. The Kier molecular flexibility index (Phi) is 4.16. The first-order chi connectivity index (χ1) is 9.85. The number of hydrogen-bond donors (Lipinski definition) is 3. The van der Waals surface area contributed by atoms with Crippen LogP contribution in [0.3, 0.4) is 0 Å². The van der Waals surface area contributed by atoms with Gasteiger partial charge in [0.2, 0.25) is 0 Å². The van der Waals surface area contributed by atoms with Crippen LogP contribution in [-0.2, 0) is 11.2 Å². The molecular weight excluding hydrogens is 272 g/mol. The summed E-state index contributed by atoms with van der Waals surface area (Å²) in [6, 6.07) is -0.104. The van der Waals surface area contributed by atoms with Gasteiger partial charge in [0, 0.05) is 17.3 Å². The first-order valence-electron chi connectivity index (χ1n) is 7.11. The zero-order valence-electron chi connectivity index (χ0n) is 12.4. The fraction of sp³-hybridized carbons (Fsp3) is 0.533. The second-order valence-corrected chi connectivity index (χ2v) is 5.57. The molecule has 0 aromatic carbocycles. The number of hydrogen-bond acceptors (Lipinski definition) is 3. The standard InChI is InChI=1S/C15H20N2O4/c1-4-11-12(8(3)18)7(2)16-13(11)14(19)17-10-5-9(6-10)15(20)21/h9-10,16H,4-6H2,1-3H3,(H,17,19)(H,20,21). The van der Waals surface area contributed by atoms with E-state index < -0.39 is 5.97 Å². The molecule has 6 heteroatoms. The Morgan fingerprint density at radius 3 is 2.43 bits per heavy atom. The number of rotatable bonds is 5. The van der Waals surface area contributed by atoms with Crippen molar-refractivity contribution < 1.29 is 19.5 Å². The lowest BCUT2D eigenvalue weighted by atomic mass is 9.80. The van der Waals surface area contributed by atoms with E-state index in [9.17, 15) is 14.4 Å². The third-order valence-corrected chi connectivity index (χ3v) is 4.05. The van der Waals surface area contributed by atoms with Crippen LogP contribution in [0.15, 0.2) is 0 Å². The summed E-state index contributed by atoms with van der Waals surface area (Å²) in [6.07, 6.45) is 1.51. The Morgan fingerprint density at radius 1 is 1.33 bits per heavy atom. The third-order valence-electron chi connectivity index (χ3n) is 4.05. The summed E-state index contributed by atoms with van der Waals surface area (Å²) in [5.74, 6) is -1.51. The number of ketones is 1. The first-order valence-corrected chi connectivity index (χ1v) is 7.11. The van der Waals surface area contributed by atoms with Gasteiger partial charge in [-0.2, -0.15) is 0 Å². The van der Waals surface area contributed by atoms with Crippen molar-refractivity contribution >= 4 is 17.7 Å². The maximum atomic E-state index is 12.3. The molecule has 0 saturated heterocycles. The highest BCUT2D eigenvalue weighted by Crippen LogP contribution is 2.28. The molecule has 1 saturated carbocycles. The van der Waals surface area contributed by atoms with Crippen molar-refractivity contribution in [1.82, 2.24) is 10.3 Å². The molecule has 0 spiro atoms. The molecule has 1 amide bonds. The lowest BCUT2D eigenvalue weighted by Crippen LogP contribution is -2.46. The number of aromatic amines is 1. The van der Waals surface area contributed by atoms with Crippen LogP contribution in [0.4, 0.5) is 0 Å².